The summed E-state index contributed by atoms with van der Waals surface area (Å²) in [6.07, 6.45) is 0. The summed E-state index contributed by atoms with van der Waals surface area (Å²) in [6.45, 7) is 4.35. The molecule has 1 amide bonds. The monoisotopic (exact) mass is 459 g/mol. The Labute approximate surface area is 186 Å². The summed E-state index contributed by atoms with van der Waals surface area (Å²) in [5.41, 5.74) is 1.81. The first kappa shape index (κ1) is 23.0. The lowest BCUT2D eigenvalue weighted by atomic mass is 10.1. The van der Waals surface area contributed by atoms with E-state index >= 15 is 0 Å². The number of carbonyl (C=O) groups excluding carboxylic acids is 1. The topological polar surface area (TPSA) is 111 Å². The smallest absolute Gasteiger partial charge is 0.238 e. The number of hydrogen-bond donors (Lipinski definition) is 1. The average Bonchev–Trinajstić information content (AvgIpc) is 3.10. The minimum atomic E-state index is -3.80. The van der Waals surface area contributed by atoms with Crippen LogP contribution in [0, 0.1) is 6.92 Å². The molecule has 31 heavy (non-hydrogen) atoms. The Morgan fingerprint density at radius 1 is 1.16 bits per heavy atom. The molecule has 2 aromatic carbocycles. The number of sulfonamides is 1. The number of amides is 1. The number of hydrogen-bond acceptors (Lipinski definition) is 6. The molecule has 0 fully saturated rings. The van der Waals surface area contributed by atoms with E-state index in [0.29, 0.717) is 17.3 Å². The molecule has 0 spiro atoms. The second-order valence-electron chi connectivity index (χ2n) is 7.19. The van der Waals surface area contributed by atoms with Crippen molar-refractivity contribution in [3.8, 4) is 0 Å². The third-order valence-electron chi connectivity index (χ3n) is 5.05. The Bertz CT molecular complexity index is 1160. The van der Waals surface area contributed by atoms with Crippen LogP contribution in [0.2, 0.25) is 0 Å². The molecule has 1 atom stereocenters. The lowest BCUT2D eigenvalue weighted by Crippen LogP contribution is -2.31. The number of aromatic nitrogens is 3. The predicted molar refractivity (Wildman–Crippen MR) is 120 cm³/mol. The van der Waals surface area contributed by atoms with Gasteiger partial charge in [-0.1, -0.05) is 54.2 Å². The zero-order valence-electron chi connectivity index (χ0n) is 17.6. The summed E-state index contributed by atoms with van der Waals surface area (Å²) in [4.78, 5) is 14.4. The highest BCUT2D eigenvalue weighted by atomic mass is 32.2. The SMILES string of the molecule is Cc1nnc(SCC(=O)N(C)C(C)c2cccc(S(N)(=O)=O)c2)n1Cc1ccccc1. The third-order valence-corrected chi connectivity index (χ3v) is 6.92. The third kappa shape index (κ3) is 5.72. The average molecular weight is 460 g/mol. The molecule has 8 nitrogen and oxygen atoms in total. The van der Waals surface area contributed by atoms with Crippen LogP contribution in [0.5, 0.6) is 0 Å². The fourth-order valence-electron chi connectivity index (χ4n) is 3.04. The van der Waals surface area contributed by atoms with Crippen molar-refractivity contribution < 1.29 is 13.2 Å². The van der Waals surface area contributed by atoms with Gasteiger partial charge in [0.25, 0.3) is 0 Å². The lowest BCUT2D eigenvalue weighted by molar-refractivity contribution is -0.128. The van der Waals surface area contributed by atoms with Crippen LogP contribution in [-0.4, -0.2) is 46.8 Å². The molecule has 0 bridgehead atoms. The number of rotatable bonds is 8. The first-order valence-corrected chi connectivity index (χ1v) is 12.1. The van der Waals surface area contributed by atoms with Gasteiger partial charge >= 0.3 is 0 Å². The van der Waals surface area contributed by atoms with Gasteiger partial charge in [0, 0.05) is 7.05 Å². The van der Waals surface area contributed by atoms with Crippen LogP contribution in [0.1, 0.15) is 29.9 Å². The number of primary sulfonamides is 1. The second-order valence-corrected chi connectivity index (χ2v) is 9.69. The molecule has 0 aliphatic rings. The van der Waals surface area contributed by atoms with E-state index in [-0.39, 0.29) is 22.6 Å². The molecular weight excluding hydrogens is 434 g/mol. The Hall–Kier alpha value is -2.69. The standard InChI is InChI=1S/C21H25N5O3S2/c1-15(18-10-7-11-19(12-18)31(22,28)29)25(3)20(27)14-30-21-24-23-16(2)26(21)13-17-8-5-4-6-9-17/h4-12,15H,13-14H2,1-3H3,(H2,22,28,29). The first-order chi connectivity index (χ1) is 14.7. The minimum absolute atomic E-state index is 0.0246. The van der Waals surface area contributed by atoms with Crippen LogP contribution in [0.25, 0.3) is 0 Å². The highest BCUT2D eigenvalue weighted by Gasteiger charge is 2.20. The van der Waals surface area contributed by atoms with Crippen LogP contribution in [-0.2, 0) is 21.4 Å². The molecular formula is C21H25N5O3S2. The molecule has 0 saturated heterocycles. The van der Waals surface area contributed by atoms with Crippen molar-refractivity contribution in [2.75, 3.05) is 12.8 Å². The molecule has 0 radical (unpaired) electrons. The molecule has 0 aliphatic heterocycles. The summed E-state index contributed by atoms with van der Waals surface area (Å²) < 4.78 is 25.2. The number of aryl methyl sites for hydroxylation is 1. The van der Waals surface area contributed by atoms with Gasteiger partial charge in [0.15, 0.2) is 5.16 Å². The fourth-order valence-corrected chi connectivity index (χ4v) is 4.51. The van der Waals surface area contributed by atoms with Gasteiger partial charge in [-0.3, -0.25) is 4.79 Å². The fraction of sp³-hybridized carbons (Fsp3) is 0.286. The maximum atomic E-state index is 12.8. The molecule has 164 valence electrons. The van der Waals surface area contributed by atoms with Crippen molar-refractivity contribution in [3.05, 3.63) is 71.5 Å². The number of benzene rings is 2. The van der Waals surface area contributed by atoms with Gasteiger partial charge < -0.3 is 9.47 Å². The normalized spacial score (nSPS) is 12.5. The molecule has 2 N–H and O–H groups in total. The largest absolute Gasteiger partial charge is 0.338 e. The molecule has 3 rings (SSSR count). The second kappa shape index (κ2) is 9.63. The van der Waals surface area contributed by atoms with E-state index < -0.39 is 10.0 Å². The Morgan fingerprint density at radius 3 is 2.55 bits per heavy atom. The molecule has 0 aliphatic carbocycles. The number of nitrogens with zero attached hydrogens (tertiary/aromatic N) is 4. The van der Waals surface area contributed by atoms with E-state index in [2.05, 4.69) is 10.2 Å². The number of nitrogens with two attached hydrogens (primary N) is 1. The van der Waals surface area contributed by atoms with Gasteiger partial charge in [0.2, 0.25) is 15.9 Å². The van der Waals surface area contributed by atoms with Gasteiger partial charge in [-0.05, 0) is 37.1 Å². The number of thioether (sulfide) groups is 1. The lowest BCUT2D eigenvalue weighted by Gasteiger charge is -2.25. The van der Waals surface area contributed by atoms with Crippen molar-refractivity contribution in [3.63, 3.8) is 0 Å². The van der Waals surface area contributed by atoms with E-state index in [0.717, 1.165) is 11.4 Å². The predicted octanol–water partition coefficient (Wildman–Crippen LogP) is 2.59. The maximum Gasteiger partial charge on any atom is 0.238 e. The van der Waals surface area contributed by atoms with Crippen LogP contribution in [0.15, 0.2) is 64.6 Å². The summed E-state index contributed by atoms with van der Waals surface area (Å²) in [6, 6.07) is 16.0. The minimum Gasteiger partial charge on any atom is -0.338 e. The molecule has 1 unspecified atom stereocenters. The van der Waals surface area contributed by atoms with E-state index in [1.54, 1.807) is 24.1 Å². The number of carbonyl (C=O) groups is 1. The summed E-state index contributed by atoms with van der Waals surface area (Å²) in [5, 5.41) is 14.3. The zero-order valence-corrected chi connectivity index (χ0v) is 19.2. The van der Waals surface area contributed by atoms with E-state index in [1.165, 1.54) is 23.9 Å². The van der Waals surface area contributed by atoms with Gasteiger partial charge in [-0.2, -0.15) is 0 Å². The van der Waals surface area contributed by atoms with Gasteiger partial charge in [-0.15, -0.1) is 10.2 Å². The molecule has 10 heteroatoms. The van der Waals surface area contributed by atoms with Gasteiger partial charge in [0.05, 0.1) is 23.2 Å². The van der Waals surface area contributed by atoms with Crippen LogP contribution >= 0.6 is 11.8 Å². The first-order valence-electron chi connectivity index (χ1n) is 9.61. The molecule has 0 saturated carbocycles. The summed E-state index contributed by atoms with van der Waals surface area (Å²) in [5.74, 6) is 0.855. The molecule has 1 heterocycles. The van der Waals surface area contributed by atoms with Crippen LogP contribution < -0.4 is 5.14 Å². The molecule has 1 aromatic heterocycles. The van der Waals surface area contributed by atoms with Crippen molar-refractivity contribution in [1.29, 1.82) is 0 Å². The van der Waals surface area contributed by atoms with Gasteiger partial charge in [-0.25, -0.2) is 13.6 Å². The summed E-state index contributed by atoms with van der Waals surface area (Å²) >= 11 is 1.33. The Balaban J connectivity index is 1.67. The van der Waals surface area contributed by atoms with Crippen molar-refractivity contribution in [2.45, 2.75) is 36.5 Å². The zero-order chi connectivity index (χ0) is 22.6. The quantitative estimate of drug-likeness (QED) is 0.518. The van der Waals surface area contributed by atoms with Crippen LogP contribution in [0.3, 0.4) is 0 Å². The van der Waals surface area contributed by atoms with E-state index in [4.69, 9.17) is 5.14 Å². The van der Waals surface area contributed by atoms with Crippen LogP contribution in [0.4, 0.5) is 0 Å². The Kier molecular flexibility index (Phi) is 7.14. The van der Waals surface area contributed by atoms with Crippen molar-refractivity contribution in [1.82, 2.24) is 19.7 Å². The van der Waals surface area contributed by atoms with Gasteiger partial charge in [0.1, 0.15) is 5.82 Å². The highest BCUT2D eigenvalue weighted by molar-refractivity contribution is 7.99. The van der Waals surface area contributed by atoms with E-state index in [9.17, 15) is 13.2 Å². The maximum absolute atomic E-state index is 12.8. The van der Waals surface area contributed by atoms with E-state index in [1.807, 2.05) is 48.7 Å². The highest BCUT2D eigenvalue weighted by Crippen LogP contribution is 2.24. The van der Waals surface area contributed by atoms with Crippen molar-refractivity contribution in [2.24, 2.45) is 5.14 Å². The molecule has 3 aromatic rings. The van der Waals surface area contributed by atoms with Crippen molar-refractivity contribution >= 4 is 27.7 Å². The summed E-state index contributed by atoms with van der Waals surface area (Å²) in [7, 11) is -2.11. The Morgan fingerprint density at radius 2 is 1.87 bits per heavy atom.